The Kier molecular flexibility index (Phi) is 20.7. The number of halogens is 3. The summed E-state index contributed by atoms with van der Waals surface area (Å²) in [6, 6.07) is 33.4. The van der Waals surface area contributed by atoms with E-state index < -0.39 is 52.6 Å². The predicted molar refractivity (Wildman–Crippen MR) is 319 cm³/mol. The predicted octanol–water partition coefficient (Wildman–Crippen LogP) is 14.2. The molecular formula is C62H84F3N3O8SSi2. The van der Waals surface area contributed by atoms with Crippen LogP contribution in [-0.2, 0) is 29.8 Å². The number of piperidine rings is 1. The number of ether oxygens (including phenoxy) is 4. The Morgan fingerprint density at radius 1 is 0.734 bits per heavy atom. The first-order valence-corrected chi connectivity index (χ1v) is 33.1. The minimum atomic E-state index is -4.52. The summed E-state index contributed by atoms with van der Waals surface area (Å²) in [6.45, 7) is 30.8. The molecule has 430 valence electrons. The summed E-state index contributed by atoms with van der Waals surface area (Å²) < 4.78 is 81.4. The Bertz CT molecular complexity index is 2820. The third-order valence-corrected chi connectivity index (χ3v) is 24.8. The summed E-state index contributed by atoms with van der Waals surface area (Å²) >= 11 is 1.19. The third-order valence-electron chi connectivity index (χ3n) is 14.3. The fourth-order valence-corrected chi connectivity index (χ4v) is 16.2. The fourth-order valence-electron chi connectivity index (χ4n) is 9.48. The van der Waals surface area contributed by atoms with Crippen molar-refractivity contribution < 1.29 is 50.6 Å². The Morgan fingerprint density at radius 2 is 1.33 bits per heavy atom. The molecule has 11 nitrogen and oxygen atoms in total. The van der Waals surface area contributed by atoms with Gasteiger partial charge in [0.25, 0.3) is 8.32 Å². The van der Waals surface area contributed by atoms with E-state index in [-0.39, 0.29) is 39.0 Å². The molecule has 2 unspecified atom stereocenters. The number of carbonyl (C=O) groups excluding carboxylic acids is 2. The van der Waals surface area contributed by atoms with E-state index in [0.29, 0.717) is 86.2 Å². The van der Waals surface area contributed by atoms with E-state index in [0.717, 1.165) is 0 Å². The van der Waals surface area contributed by atoms with Gasteiger partial charge in [0.15, 0.2) is 0 Å². The van der Waals surface area contributed by atoms with Crippen molar-refractivity contribution in [2.24, 2.45) is 5.92 Å². The third kappa shape index (κ3) is 17.3. The molecule has 79 heavy (non-hydrogen) atoms. The van der Waals surface area contributed by atoms with Crippen molar-refractivity contribution in [3.8, 4) is 17.6 Å². The molecule has 1 aliphatic rings. The van der Waals surface area contributed by atoms with Crippen LogP contribution in [0.2, 0.25) is 23.2 Å². The largest absolute Gasteiger partial charge is 0.543 e. The maximum atomic E-state index is 14.5. The molecule has 17 heteroatoms. The van der Waals surface area contributed by atoms with Crippen molar-refractivity contribution in [3.63, 3.8) is 0 Å². The lowest BCUT2D eigenvalue weighted by Gasteiger charge is -2.43. The molecule has 0 aliphatic carbocycles. The van der Waals surface area contributed by atoms with Gasteiger partial charge in [0, 0.05) is 31.8 Å². The highest BCUT2D eigenvalue weighted by atomic mass is 32.1. The summed E-state index contributed by atoms with van der Waals surface area (Å²) in [5.41, 5.74) is -0.290. The maximum absolute atomic E-state index is 14.5. The van der Waals surface area contributed by atoms with E-state index in [1.807, 2.05) is 45.0 Å². The van der Waals surface area contributed by atoms with Gasteiger partial charge in [-0.2, -0.15) is 13.2 Å². The zero-order chi connectivity index (χ0) is 58.0. The summed E-state index contributed by atoms with van der Waals surface area (Å²) in [5.74, 6) is 6.59. The summed E-state index contributed by atoms with van der Waals surface area (Å²) in [4.78, 5) is 30.6. The van der Waals surface area contributed by atoms with E-state index >= 15 is 0 Å². The second-order valence-corrected chi connectivity index (χ2v) is 34.9. The first kappa shape index (κ1) is 62.8. The molecule has 2 atom stereocenters. The Labute approximate surface area is 474 Å². The number of nitrogens with zero attached hydrogens (tertiary/aromatic N) is 2. The van der Waals surface area contributed by atoms with Gasteiger partial charge >= 0.3 is 18.4 Å². The number of alkyl halides is 3. The number of nitrogens with one attached hydrogen (secondary N) is 1. The Hall–Kier alpha value is -5.36. The highest BCUT2D eigenvalue weighted by molar-refractivity contribution is 7.20. The minimum Gasteiger partial charge on any atom is -0.543 e. The lowest BCUT2D eigenvalue weighted by Crippen LogP contribution is -2.66. The molecule has 4 aromatic carbocycles. The van der Waals surface area contributed by atoms with Crippen LogP contribution < -0.4 is 25.0 Å². The van der Waals surface area contributed by atoms with Gasteiger partial charge in [0.2, 0.25) is 8.32 Å². The van der Waals surface area contributed by atoms with Crippen LogP contribution in [0.3, 0.4) is 0 Å². The van der Waals surface area contributed by atoms with E-state index in [2.05, 4.69) is 120 Å². The molecule has 5 aromatic rings. The van der Waals surface area contributed by atoms with Gasteiger partial charge in [-0.3, -0.25) is 4.90 Å². The number of hydrogen-bond donors (Lipinski definition) is 1. The van der Waals surface area contributed by atoms with Crippen LogP contribution in [0.4, 0.5) is 34.1 Å². The molecule has 1 aromatic heterocycles. The van der Waals surface area contributed by atoms with E-state index in [9.17, 15) is 22.8 Å². The molecule has 1 N–H and O–H groups in total. The van der Waals surface area contributed by atoms with Crippen molar-refractivity contribution >= 4 is 72.0 Å². The molecule has 0 saturated carbocycles. The molecule has 1 saturated heterocycles. The SMILES string of the molecule is CC(C)(C)OC(=O)N1CCC(Nc2cccc3c(CC(F)(F)F)c(C#CCN(C(=O)OC(C)(C)C)c4cccc(O[Si](C)(C)C(C)(C)C)c4)sc23)C(CCOCCOCCO[Si](c2ccccc2)(c2ccccc2)C(C)(C)C)C1. The molecule has 0 bridgehead atoms. The van der Waals surface area contributed by atoms with E-state index in [1.165, 1.54) is 26.6 Å². The van der Waals surface area contributed by atoms with Crippen molar-refractivity contribution in [2.75, 3.05) is 62.9 Å². The first-order valence-electron chi connectivity index (χ1n) is 27.4. The van der Waals surface area contributed by atoms with Crippen molar-refractivity contribution in [1.82, 2.24) is 4.90 Å². The number of thiophene rings is 1. The molecule has 0 spiro atoms. The summed E-state index contributed by atoms with van der Waals surface area (Å²) in [7, 11) is -4.95. The van der Waals surface area contributed by atoms with Crippen LogP contribution in [0.5, 0.6) is 5.75 Å². The molecule has 0 radical (unpaired) electrons. The molecule has 2 amide bonds. The number of carbonyl (C=O) groups is 2. The monoisotopic (exact) mass is 1140 g/mol. The van der Waals surface area contributed by atoms with E-state index in [1.54, 1.807) is 56.0 Å². The lowest BCUT2D eigenvalue weighted by molar-refractivity contribution is -0.127. The Balaban J connectivity index is 1.18. The fraction of sp³-hybridized carbons (Fsp3) is 0.516. The average Bonchev–Trinajstić information content (AvgIpc) is 3.91. The highest BCUT2D eigenvalue weighted by Crippen LogP contribution is 2.42. The van der Waals surface area contributed by atoms with Gasteiger partial charge in [-0.05, 0) is 123 Å². The number of amides is 2. The van der Waals surface area contributed by atoms with Crippen LogP contribution in [0.15, 0.2) is 103 Å². The van der Waals surface area contributed by atoms with Crippen LogP contribution in [0, 0.1) is 17.8 Å². The lowest BCUT2D eigenvalue weighted by atomic mass is 9.89. The van der Waals surface area contributed by atoms with Crippen LogP contribution in [-0.4, -0.2) is 110 Å². The van der Waals surface area contributed by atoms with Gasteiger partial charge in [0.1, 0.15) is 17.0 Å². The number of likely N-dealkylation sites (tertiary alicyclic amines) is 1. The standard InChI is InChI=1S/C62H84F3N3O8SSi2/c1-58(2,3)74-56(69)67-36-33-52(45(44-67)34-37-71-38-39-72-40-41-73-79(61(10,11)12,48-26-17-15-18-27-48)49-28-19-16-20-29-49)66-53-31-22-30-50-51(43-62(63,64)65)54(77-55(50)53)32-23-35-68(57(70)75-59(4,5)6)46-24-21-25-47(42-46)76-78(13,14)60(7,8)9/h15-22,24-31,42,45,52,66H,33-41,43-44H2,1-14H3. The van der Waals surface area contributed by atoms with Gasteiger partial charge in [-0.25, -0.2) is 9.59 Å². The number of benzene rings is 4. The molecule has 6 rings (SSSR count). The van der Waals surface area contributed by atoms with Gasteiger partial charge in [-0.15, -0.1) is 11.3 Å². The van der Waals surface area contributed by atoms with Crippen LogP contribution in [0.1, 0.15) is 106 Å². The first-order chi connectivity index (χ1) is 36.9. The summed E-state index contributed by atoms with van der Waals surface area (Å²) in [6.07, 6.45) is -5.61. The van der Waals surface area contributed by atoms with E-state index in [4.69, 9.17) is 27.8 Å². The van der Waals surface area contributed by atoms with Crippen molar-refractivity contribution in [1.29, 1.82) is 0 Å². The average molecular weight is 1140 g/mol. The second-order valence-electron chi connectivity index (χ2n) is 24.9. The smallest absolute Gasteiger partial charge is 0.415 e. The molecular weight excluding hydrogens is 1060 g/mol. The van der Waals surface area contributed by atoms with Gasteiger partial charge in [0.05, 0.1) is 60.3 Å². The van der Waals surface area contributed by atoms with Gasteiger partial charge in [-0.1, -0.05) is 132 Å². The topological polar surface area (TPSA) is 108 Å². The number of fused-ring (bicyclic) bond motifs is 1. The maximum Gasteiger partial charge on any atom is 0.415 e. The Morgan fingerprint density at radius 3 is 1.91 bits per heavy atom. The highest BCUT2D eigenvalue weighted by Gasteiger charge is 2.50. The second kappa shape index (κ2) is 26.0. The number of anilines is 2. The van der Waals surface area contributed by atoms with Crippen molar-refractivity contribution in [3.05, 3.63) is 114 Å². The molecule has 1 fully saturated rings. The van der Waals surface area contributed by atoms with Crippen LogP contribution >= 0.6 is 11.3 Å². The molecule has 1 aliphatic heterocycles. The minimum absolute atomic E-state index is 0.0682. The summed E-state index contributed by atoms with van der Waals surface area (Å²) in [5, 5.41) is 6.33. The molecule has 2 heterocycles. The normalized spacial score (nSPS) is 15.8. The number of hydrogen-bond acceptors (Lipinski definition) is 10. The quantitative estimate of drug-likeness (QED) is 0.0491. The number of rotatable bonds is 19. The van der Waals surface area contributed by atoms with Crippen molar-refractivity contribution in [2.45, 2.75) is 149 Å². The zero-order valence-corrected chi connectivity index (χ0v) is 51.8. The van der Waals surface area contributed by atoms with Gasteiger partial charge < -0.3 is 38.0 Å². The van der Waals surface area contributed by atoms with Crippen LogP contribution in [0.25, 0.3) is 10.1 Å². The zero-order valence-electron chi connectivity index (χ0n) is 49.0.